The summed E-state index contributed by atoms with van der Waals surface area (Å²) in [5.74, 6) is -3.70. The SMILES string of the molecule is COc1ccc(N(C(=O)C(=O)O)c2ccccc2C(=O)O)cc1. The number of ether oxygens (including phenoxy) is 1. The number of aromatic carboxylic acids is 1. The molecule has 0 aromatic heterocycles. The number of rotatable bonds is 4. The molecule has 7 nitrogen and oxygen atoms in total. The van der Waals surface area contributed by atoms with Gasteiger partial charge in [0.05, 0.1) is 18.4 Å². The molecule has 7 heteroatoms. The lowest BCUT2D eigenvalue weighted by molar-refractivity contribution is -0.148. The zero-order valence-corrected chi connectivity index (χ0v) is 12.1. The molecule has 2 N–H and O–H groups in total. The van der Waals surface area contributed by atoms with E-state index in [1.807, 2.05) is 0 Å². The second-order valence-electron chi connectivity index (χ2n) is 4.47. The van der Waals surface area contributed by atoms with E-state index in [9.17, 15) is 19.5 Å². The summed E-state index contributed by atoms with van der Waals surface area (Å²) in [6, 6.07) is 11.7. The van der Waals surface area contributed by atoms with Gasteiger partial charge in [-0.2, -0.15) is 0 Å². The van der Waals surface area contributed by atoms with Crippen LogP contribution in [0.2, 0.25) is 0 Å². The molecular weight excluding hydrogens is 302 g/mol. The fourth-order valence-electron chi connectivity index (χ4n) is 2.04. The van der Waals surface area contributed by atoms with Crippen LogP contribution in [-0.4, -0.2) is 35.2 Å². The van der Waals surface area contributed by atoms with Gasteiger partial charge >= 0.3 is 17.8 Å². The van der Waals surface area contributed by atoms with Crippen LogP contribution >= 0.6 is 0 Å². The Morgan fingerprint density at radius 2 is 1.57 bits per heavy atom. The van der Waals surface area contributed by atoms with Crippen LogP contribution in [0.25, 0.3) is 0 Å². The Bertz CT molecular complexity index is 753. The van der Waals surface area contributed by atoms with E-state index in [2.05, 4.69) is 0 Å². The van der Waals surface area contributed by atoms with Gasteiger partial charge in [-0.25, -0.2) is 9.59 Å². The van der Waals surface area contributed by atoms with Gasteiger partial charge in [0.25, 0.3) is 0 Å². The lowest BCUT2D eigenvalue weighted by atomic mass is 10.1. The summed E-state index contributed by atoms with van der Waals surface area (Å²) in [6.07, 6.45) is 0. The van der Waals surface area contributed by atoms with Crippen molar-refractivity contribution in [1.82, 2.24) is 0 Å². The number of methoxy groups -OCH3 is 1. The molecule has 2 rings (SSSR count). The van der Waals surface area contributed by atoms with Crippen molar-refractivity contribution in [3.8, 4) is 5.75 Å². The van der Waals surface area contributed by atoms with Crippen molar-refractivity contribution in [2.45, 2.75) is 0 Å². The van der Waals surface area contributed by atoms with Crippen molar-refractivity contribution in [2.75, 3.05) is 12.0 Å². The van der Waals surface area contributed by atoms with Crippen LogP contribution in [0.1, 0.15) is 10.4 Å². The summed E-state index contributed by atoms with van der Waals surface area (Å²) in [5.41, 5.74) is 0.00221. The smallest absolute Gasteiger partial charge is 0.395 e. The Balaban J connectivity index is 2.61. The molecule has 0 atom stereocenters. The maximum atomic E-state index is 12.1. The number of benzene rings is 2. The highest BCUT2D eigenvalue weighted by molar-refractivity contribution is 6.39. The highest BCUT2D eigenvalue weighted by atomic mass is 16.5. The van der Waals surface area contributed by atoms with Gasteiger partial charge in [-0.05, 0) is 36.4 Å². The highest BCUT2D eigenvalue weighted by Gasteiger charge is 2.27. The molecule has 0 bridgehead atoms. The molecule has 0 aliphatic heterocycles. The van der Waals surface area contributed by atoms with Crippen molar-refractivity contribution < 1.29 is 29.3 Å². The fraction of sp³-hybridized carbons (Fsp3) is 0.0625. The van der Waals surface area contributed by atoms with Crippen molar-refractivity contribution in [2.24, 2.45) is 0 Å². The van der Waals surface area contributed by atoms with Crippen molar-refractivity contribution in [1.29, 1.82) is 0 Å². The van der Waals surface area contributed by atoms with E-state index in [0.717, 1.165) is 4.90 Å². The summed E-state index contributed by atoms with van der Waals surface area (Å²) in [4.78, 5) is 35.4. The van der Waals surface area contributed by atoms with E-state index in [1.54, 1.807) is 12.1 Å². The summed E-state index contributed by atoms with van der Waals surface area (Å²) in [5, 5.41) is 18.3. The molecule has 0 saturated carbocycles. The average molecular weight is 315 g/mol. The Labute approximate surface area is 131 Å². The van der Waals surface area contributed by atoms with Gasteiger partial charge in [0.1, 0.15) is 5.75 Å². The number of anilines is 2. The normalized spacial score (nSPS) is 9.96. The lowest BCUT2D eigenvalue weighted by Gasteiger charge is -2.22. The number of carboxylic acids is 2. The van der Waals surface area contributed by atoms with Crippen molar-refractivity contribution in [3.63, 3.8) is 0 Å². The van der Waals surface area contributed by atoms with Crippen molar-refractivity contribution in [3.05, 3.63) is 54.1 Å². The molecule has 0 aliphatic rings. The minimum Gasteiger partial charge on any atom is -0.497 e. The maximum Gasteiger partial charge on any atom is 0.395 e. The predicted molar refractivity (Wildman–Crippen MR) is 81.2 cm³/mol. The molecule has 0 fully saturated rings. The molecule has 0 radical (unpaired) electrons. The Morgan fingerprint density at radius 3 is 2.09 bits per heavy atom. The maximum absolute atomic E-state index is 12.1. The standard InChI is InChI=1S/C16H13NO6/c1-23-11-8-6-10(7-9-11)17(14(18)16(21)22)13-5-3-2-4-12(13)15(19)20/h2-9H,1H3,(H,19,20)(H,21,22). The number of carbonyl (C=O) groups is 3. The molecule has 2 aromatic carbocycles. The fourth-order valence-corrected chi connectivity index (χ4v) is 2.04. The van der Waals surface area contributed by atoms with E-state index in [0.29, 0.717) is 5.75 Å². The molecule has 0 aliphatic carbocycles. The number of hydrogen-bond donors (Lipinski definition) is 2. The molecule has 2 aromatic rings. The van der Waals surface area contributed by atoms with Gasteiger partial charge in [0, 0.05) is 5.69 Å². The number of carboxylic acid groups (broad SMARTS) is 2. The van der Waals surface area contributed by atoms with E-state index >= 15 is 0 Å². The van der Waals surface area contributed by atoms with Crippen LogP contribution in [-0.2, 0) is 9.59 Å². The third kappa shape index (κ3) is 3.29. The number of amides is 1. The molecule has 23 heavy (non-hydrogen) atoms. The van der Waals surface area contributed by atoms with Crippen LogP contribution in [0.4, 0.5) is 11.4 Å². The second kappa shape index (κ2) is 6.61. The summed E-state index contributed by atoms with van der Waals surface area (Å²) < 4.78 is 5.01. The topological polar surface area (TPSA) is 104 Å². The van der Waals surface area contributed by atoms with Crippen molar-refractivity contribution >= 4 is 29.2 Å². The zero-order chi connectivity index (χ0) is 17.0. The Hall–Kier alpha value is -3.35. The average Bonchev–Trinajstić information content (AvgIpc) is 2.55. The molecule has 0 heterocycles. The summed E-state index contributed by atoms with van der Waals surface area (Å²) >= 11 is 0. The molecule has 0 saturated heterocycles. The quantitative estimate of drug-likeness (QED) is 0.838. The first-order valence-electron chi connectivity index (χ1n) is 6.49. The van der Waals surface area contributed by atoms with Gasteiger partial charge in [-0.3, -0.25) is 9.69 Å². The lowest BCUT2D eigenvalue weighted by Crippen LogP contribution is -2.33. The minimum absolute atomic E-state index is 0.0300. The third-order valence-electron chi connectivity index (χ3n) is 3.09. The van der Waals surface area contributed by atoms with Crippen LogP contribution in [0.15, 0.2) is 48.5 Å². The number of carbonyl (C=O) groups excluding carboxylic acids is 1. The molecule has 0 unspecified atom stereocenters. The highest BCUT2D eigenvalue weighted by Crippen LogP contribution is 2.30. The van der Waals surface area contributed by atoms with E-state index in [4.69, 9.17) is 9.84 Å². The van der Waals surface area contributed by atoms with Crippen LogP contribution in [0.3, 0.4) is 0 Å². The number of nitrogens with zero attached hydrogens (tertiary/aromatic N) is 1. The Morgan fingerprint density at radius 1 is 0.957 bits per heavy atom. The predicted octanol–water partition coefficient (Wildman–Crippen LogP) is 2.14. The van der Waals surface area contributed by atoms with Gasteiger partial charge in [-0.1, -0.05) is 12.1 Å². The zero-order valence-electron chi connectivity index (χ0n) is 12.1. The molecule has 1 amide bonds. The van der Waals surface area contributed by atoms with Crippen LogP contribution < -0.4 is 9.64 Å². The largest absolute Gasteiger partial charge is 0.497 e. The van der Waals surface area contributed by atoms with Crippen LogP contribution in [0.5, 0.6) is 5.75 Å². The summed E-state index contributed by atoms with van der Waals surface area (Å²) in [7, 11) is 1.47. The monoisotopic (exact) mass is 315 g/mol. The second-order valence-corrected chi connectivity index (χ2v) is 4.47. The van der Waals surface area contributed by atoms with E-state index in [1.165, 1.54) is 43.5 Å². The number of para-hydroxylation sites is 1. The first-order valence-corrected chi connectivity index (χ1v) is 6.49. The van der Waals surface area contributed by atoms with Gasteiger partial charge in [0.15, 0.2) is 0 Å². The summed E-state index contributed by atoms with van der Waals surface area (Å²) in [6.45, 7) is 0. The molecule has 0 spiro atoms. The van der Waals surface area contributed by atoms with Gasteiger partial charge in [0.2, 0.25) is 0 Å². The third-order valence-corrected chi connectivity index (χ3v) is 3.09. The van der Waals surface area contributed by atoms with Gasteiger partial charge in [-0.15, -0.1) is 0 Å². The number of hydrogen-bond acceptors (Lipinski definition) is 4. The van der Waals surface area contributed by atoms with E-state index < -0.39 is 17.8 Å². The first kappa shape index (κ1) is 16.0. The first-order chi connectivity index (χ1) is 11.0. The van der Waals surface area contributed by atoms with E-state index in [-0.39, 0.29) is 16.9 Å². The van der Waals surface area contributed by atoms with Crippen LogP contribution in [0, 0.1) is 0 Å². The number of aliphatic carboxylic acids is 1. The van der Waals surface area contributed by atoms with Gasteiger partial charge < -0.3 is 14.9 Å². The molecule has 118 valence electrons. The Kier molecular flexibility index (Phi) is 4.61. The molecular formula is C16H13NO6. The minimum atomic E-state index is -1.69.